The number of rotatable bonds is 5. The lowest BCUT2D eigenvalue weighted by Gasteiger charge is -2.35. The van der Waals surface area contributed by atoms with E-state index in [0.717, 1.165) is 16.5 Å². The van der Waals surface area contributed by atoms with Crippen LogP contribution in [0.5, 0.6) is 0 Å². The minimum absolute atomic E-state index is 0.0625. The molecule has 1 N–H and O–H groups in total. The lowest BCUT2D eigenvalue weighted by molar-refractivity contribution is -0.00158. The fourth-order valence-corrected chi connectivity index (χ4v) is 4.33. The van der Waals surface area contributed by atoms with Gasteiger partial charge in [-0.2, -0.15) is 0 Å². The molecular formula is C25H29N5O5. The molecule has 3 heterocycles. The van der Waals surface area contributed by atoms with Gasteiger partial charge in [0.05, 0.1) is 43.8 Å². The molecule has 0 radical (unpaired) electrons. The molecule has 184 valence electrons. The number of nitrogens with zero attached hydrogens (tertiary/aromatic N) is 4. The van der Waals surface area contributed by atoms with Gasteiger partial charge in [-0.15, -0.1) is 0 Å². The van der Waals surface area contributed by atoms with Crippen molar-refractivity contribution in [3.63, 3.8) is 0 Å². The van der Waals surface area contributed by atoms with E-state index in [1.54, 1.807) is 30.0 Å². The van der Waals surface area contributed by atoms with Crippen molar-refractivity contribution in [2.45, 2.75) is 12.5 Å². The van der Waals surface area contributed by atoms with Crippen molar-refractivity contribution in [3.8, 4) is 0 Å². The molecule has 35 heavy (non-hydrogen) atoms. The van der Waals surface area contributed by atoms with Gasteiger partial charge in [0.2, 0.25) is 0 Å². The van der Waals surface area contributed by atoms with E-state index >= 15 is 0 Å². The number of pyridine rings is 1. The fraction of sp³-hybridized carbons (Fsp3) is 0.360. The Morgan fingerprint density at radius 3 is 2.74 bits per heavy atom. The second-order valence-electron chi connectivity index (χ2n) is 8.71. The number of carbonyl (C=O) groups excluding carboxylic acids is 3. The van der Waals surface area contributed by atoms with Gasteiger partial charge in [0.15, 0.2) is 0 Å². The summed E-state index contributed by atoms with van der Waals surface area (Å²) in [6.07, 6.45) is 4.90. The van der Waals surface area contributed by atoms with Crippen LogP contribution in [0.15, 0.2) is 42.9 Å². The van der Waals surface area contributed by atoms with Gasteiger partial charge in [-0.1, -0.05) is 0 Å². The van der Waals surface area contributed by atoms with Gasteiger partial charge in [-0.05, 0) is 36.2 Å². The quantitative estimate of drug-likeness (QED) is 0.603. The standard InChI is InChI=1S/C25H29N5O5/c1-28(2)23(31)16-5-6-22-21(11-16)18(14-29(22)3)10-20-15-35-8-7-30(20)24(32)17-9-19(13-26-12-17)27-25(33)34-4/h5-6,9,11-14,20H,7-8,10,15H2,1-4H3,(H,27,33)/t20-/m0/s1. The minimum Gasteiger partial charge on any atom is -0.453 e. The number of benzene rings is 1. The molecule has 1 aliphatic rings. The number of aryl methyl sites for hydroxylation is 1. The van der Waals surface area contributed by atoms with Crippen LogP contribution in [0.1, 0.15) is 26.3 Å². The van der Waals surface area contributed by atoms with Crippen molar-refractivity contribution in [2.75, 3.05) is 46.3 Å². The van der Waals surface area contributed by atoms with Crippen molar-refractivity contribution >= 4 is 34.5 Å². The van der Waals surface area contributed by atoms with Gasteiger partial charge in [-0.3, -0.25) is 19.9 Å². The number of hydrogen-bond acceptors (Lipinski definition) is 6. The predicted molar refractivity (Wildman–Crippen MR) is 131 cm³/mol. The Balaban J connectivity index is 1.61. The van der Waals surface area contributed by atoms with E-state index < -0.39 is 6.09 Å². The Morgan fingerprint density at radius 1 is 1.20 bits per heavy atom. The van der Waals surface area contributed by atoms with Gasteiger partial charge in [0.1, 0.15) is 0 Å². The van der Waals surface area contributed by atoms with E-state index in [0.29, 0.717) is 43.0 Å². The topological polar surface area (TPSA) is 106 Å². The molecule has 10 nitrogen and oxygen atoms in total. The molecule has 3 aromatic rings. The highest BCUT2D eigenvalue weighted by Gasteiger charge is 2.29. The third-order valence-corrected chi connectivity index (χ3v) is 6.09. The zero-order chi connectivity index (χ0) is 25.1. The molecular weight excluding hydrogens is 450 g/mol. The van der Waals surface area contributed by atoms with E-state index in [4.69, 9.17) is 4.74 Å². The molecule has 0 spiro atoms. The number of fused-ring (bicyclic) bond motifs is 1. The Hall–Kier alpha value is -3.92. The van der Waals surface area contributed by atoms with Crippen molar-refractivity contribution in [2.24, 2.45) is 7.05 Å². The van der Waals surface area contributed by atoms with Gasteiger partial charge in [0.25, 0.3) is 11.8 Å². The first-order valence-electron chi connectivity index (χ1n) is 11.3. The van der Waals surface area contributed by atoms with Crippen LogP contribution < -0.4 is 5.32 Å². The summed E-state index contributed by atoms with van der Waals surface area (Å²) in [7, 11) is 6.69. The van der Waals surface area contributed by atoms with E-state index in [2.05, 4.69) is 15.0 Å². The number of hydrogen-bond donors (Lipinski definition) is 1. The summed E-state index contributed by atoms with van der Waals surface area (Å²) in [4.78, 5) is 44.9. The summed E-state index contributed by atoms with van der Waals surface area (Å²) >= 11 is 0. The Labute approximate surface area is 203 Å². The van der Waals surface area contributed by atoms with Crippen molar-refractivity contribution in [1.82, 2.24) is 19.4 Å². The molecule has 1 aromatic carbocycles. The number of morpholine rings is 1. The van der Waals surface area contributed by atoms with Crippen LogP contribution >= 0.6 is 0 Å². The lowest BCUT2D eigenvalue weighted by Crippen LogP contribution is -2.49. The summed E-state index contributed by atoms with van der Waals surface area (Å²) < 4.78 is 12.4. The number of aromatic nitrogens is 2. The maximum absolute atomic E-state index is 13.4. The number of anilines is 1. The summed E-state index contributed by atoms with van der Waals surface area (Å²) in [5, 5.41) is 3.51. The Kier molecular flexibility index (Phi) is 7.02. The molecule has 0 bridgehead atoms. The van der Waals surface area contributed by atoms with Crippen LogP contribution in [-0.2, 0) is 22.9 Å². The van der Waals surface area contributed by atoms with E-state index in [1.807, 2.05) is 36.0 Å². The molecule has 1 saturated heterocycles. The van der Waals surface area contributed by atoms with Crippen LogP contribution in [0.4, 0.5) is 10.5 Å². The van der Waals surface area contributed by atoms with Gasteiger partial charge < -0.3 is 23.8 Å². The molecule has 1 fully saturated rings. The second kappa shape index (κ2) is 10.1. The third-order valence-electron chi connectivity index (χ3n) is 6.09. The number of nitrogens with one attached hydrogen (secondary N) is 1. The normalized spacial score (nSPS) is 15.7. The van der Waals surface area contributed by atoms with Crippen molar-refractivity contribution in [1.29, 1.82) is 0 Å². The van der Waals surface area contributed by atoms with Gasteiger partial charge in [0, 0.05) is 56.5 Å². The Morgan fingerprint density at radius 2 is 2.00 bits per heavy atom. The SMILES string of the molecule is COC(=O)Nc1cncc(C(=O)N2CCOC[C@@H]2Cc2cn(C)c3ccc(C(=O)N(C)C)cc23)c1. The van der Waals surface area contributed by atoms with Crippen LogP contribution in [0.2, 0.25) is 0 Å². The van der Waals surface area contributed by atoms with E-state index in [1.165, 1.54) is 19.5 Å². The summed E-state index contributed by atoms with van der Waals surface area (Å²) in [5.74, 6) is -0.254. The molecule has 0 aliphatic carbocycles. The number of ether oxygens (including phenoxy) is 2. The van der Waals surface area contributed by atoms with E-state index in [-0.39, 0.29) is 17.9 Å². The zero-order valence-electron chi connectivity index (χ0n) is 20.3. The number of amides is 3. The Bertz CT molecular complexity index is 1270. The smallest absolute Gasteiger partial charge is 0.411 e. The average molecular weight is 480 g/mol. The monoisotopic (exact) mass is 479 g/mol. The molecule has 1 atom stereocenters. The first-order chi connectivity index (χ1) is 16.8. The second-order valence-corrected chi connectivity index (χ2v) is 8.71. The highest BCUT2D eigenvalue weighted by molar-refractivity contribution is 5.99. The predicted octanol–water partition coefficient (Wildman–Crippen LogP) is 2.54. The van der Waals surface area contributed by atoms with Crippen LogP contribution in [0.3, 0.4) is 0 Å². The molecule has 2 aromatic heterocycles. The van der Waals surface area contributed by atoms with Crippen molar-refractivity contribution in [3.05, 3.63) is 59.5 Å². The minimum atomic E-state index is -0.635. The maximum Gasteiger partial charge on any atom is 0.411 e. The van der Waals surface area contributed by atoms with Crippen molar-refractivity contribution < 1.29 is 23.9 Å². The fourth-order valence-electron chi connectivity index (χ4n) is 4.33. The zero-order valence-corrected chi connectivity index (χ0v) is 20.3. The molecule has 4 rings (SSSR count). The first-order valence-corrected chi connectivity index (χ1v) is 11.3. The highest BCUT2D eigenvalue weighted by Crippen LogP contribution is 2.26. The number of methoxy groups -OCH3 is 1. The van der Waals surface area contributed by atoms with Gasteiger partial charge >= 0.3 is 6.09 Å². The average Bonchev–Trinajstić information content (AvgIpc) is 3.17. The molecule has 0 unspecified atom stereocenters. The van der Waals surface area contributed by atoms with Crippen LogP contribution in [0.25, 0.3) is 10.9 Å². The summed E-state index contributed by atoms with van der Waals surface area (Å²) in [6, 6.07) is 7.06. The van der Waals surface area contributed by atoms with Crippen LogP contribution in [0, 0.1) is 0 Å². The van der Waals surface area contributed by atoms with Crippen LogP contribution in [-0.4, -0.2) is 84.3 Å². The molecule has 10 heteroatoms. The molecule has 1 aliphatic heterocycles. The summed E-state index contributed by atoms with van der Waals surface area (Å²) in [6.45, 7) is 1.27. The first kappa shape index (κ1) is 24.2. The maximum atomic E-state index is 13.4. The van der Waals surface area contributed by atoms with Gasteiger partial charge in [-0.25, -0.2) is 4.79 Å². The largest absolute Gasteiger partial charge is 0.453 e. The van der Waals surface area contributed by atoms with E-state index in [9.17, 15) is 14.4 Å². The highest BCUT2D eigenvalue weighted by atomic mass is 16.5. The third kappa shape index (κ3) is 5.12. The summed E-state index contributed by atoms with van der Waals surface area (Å²) in [5.41, 5.74) is 3.39. The number of carbonyl (C=O) groups is 3. The molecule has 0 saturated carbocycles. The molecule has 3 amide bonds. The lowest BCUT2D eigenvalue weighted by atomic mass is 10.0.